The second-order valence-corrected chi connectivity index (χ2v) is 5.92. The summed E-state index contributed by atoms with van der Waals surface area (Å²) in [4.78, 5) is 26.2. The van der Waals surface area contributed by atoms with Gasteiger partial charge in [0.1, 0.15) is 0 Å². The third kappa shape index (κ3) is 4.55. The van der Waals surface area contributed by atoms with Crippen LogP contribution in [0, 0.1) is 0 Å². The highest BCUT2D eigenvalue weighted by Crippen LogP contribution is 2.37. The van der Waals surface area contributed by atoms with Crippen LogP contribution in [0.1, 0.15) is 31.1 Å². The van der Waals surface area contributed by atoms with Gasteiger partial charge in [0.15, 0.2) is 11.5 Å². The number of piperazine rings is 1. The molecule has 0 saturated carbocycles. The number of hydrogen-bond acceptors (Lipinski definition) is 5. The molecule has 1 aliphatic heterocycles. The van der Waals surface area contributed by atoms with Crippen molar-refractivity contribution in [2.75, 3.05) is 32.6 Å². The van der Waals surface area contributed by atoms with E-state index in [4.69, 9.17) is 9.47 Å². The molecule has 0 aromatic heterocycles. The Morgan fingerprint density at radius 2 is 1.92 bits per heavy atom. The summed E-state index contributed by atoms with van der Waals surface area (Å²) < 4.78 is 10.6. The zero-order chi connectivity index (χ0) is 17.9. The van der Waals surface area contributed by atoms with E-state index < -0.39 is 0 Å². The molecule has 25 heavy (non-hydrogen) atoms. The van der Waals surface area contributed by atoms with Crippen molar-refractivity contribution in [2.45, 2.75) is 32.9 Å². The van der Waals surface area contributed by atoms with Crippen LogP contribution in [0.25, 0.3) is 0 Å². The van der Waals surface area contributed by atoms with Gasteiger partial charge in [0.25, 0.3) is 5.91 Å². The molecule has 1 aliphatic rings. The molecule has 1 aromatic rings. The fourth-order valence-corrected chi connectivity index (χ4v) is 2.88. The molecule has 140 valence electrons. The van der Waals surface area contributed by atoms with E-state index in [1.807, 2.05) is 11.8 Å². The number of carbonyl (C=O) groups is 2. The highest BCUT2D eigenvalue weighted by molar-refractivity contribution is 5.99. The van der Waals surface area contributed by atoms with E-state index in [-0.39, 0.29) is 36.3 Å². The van der Waals surface area contributed by atoms with Gasteiger partial charge in [-0.15, -0.1) is 12.4 Å². The number of halogens is 1. The average Bonchev–Trinajstić information content (AvgIpc) is 2.55. The van der Waals surface area contributed by atoms with Crippen LogP contribution in [-0.2, 0) is 4.79 Å². The summed E-state index contributed by atoms with van der Waals surface area (Å²) in [6, 6.07) is 3.57. The lowest BCUT2D eigenvalue weighted by Crippen LogP contribution is -2.57. The Labute approximate surface area is 154 Å². The smallest absolute Gasteiger partial charge is 0.254 e. The topological polar surface area (TPSA) is 79.9 Å². The fourth-order valence-electron chi connectivity index (χ4n) is 2.88. The molecule has 2 N–H and O–H groups in total. The zero-order valence-electron chi connectivity index (χ0n) is 15.2. The normalized spacial score (nSPS) is 19.6. The van der Waals surface area contributed by atoms with Gasteiger partial charge in [-0.1, -0.05) is 0 Å². The van der Waals surface area contributed by atoms with Gasteiger partial charge in [0, 0.05) is 37.7 Å². The Hall–Kier alpha value is -1.99. The quantitative estimate of drug-likeness (QED) is 0.845. The Morgan fingerprint density at radius 3 is 2.48 bits per heavy atom. The molecule has 8 heteroatoms. The molecule has 1 aromatic carbocycles. The van der Waals surface area contributed by atoms with Crippen molar-refractivity contribution in [1.29, 1.82) is 0 Å². The first-order chi connectivity index (χ1) is 11.4. The van der Waals surface area contributed by atoms with Crippen molar-refractivity contribution >= 4 is 29.9 Å². The first-order valence-electron chi connectivity index (χ1n) is 7.97. The van der Waals surface area contributed by atoms with Gasteiger partial charge in [-0.05, 0) is 26.0 Å². The van der Waals surface area contributed by atoms with E-state index in [1.54, 1.807) is 12.1 Å². The maximum atomic E-state index is 13.0. The van der Waals surface area contributed by atoms with Gasteiger partial charge in [-0.2, -0.15) is 0 Å². The number of methoxy groups -OCH3 is 2. The van der Waals surface area contributed by atoms with E-state index in [0.717, 1.165) is 6.54 Å². The highest BCUT2D eigenvalue weighted by atomic mass is 35.5. The monoisotopic (exact) mass is 371 g/mol. The van der Waals surface area contributed by atoms with Crippen molar-refractivity contribution in [2.24, 2.45) is 0 Å². The summed E-state index contributed by atoms with van der Waals surface area (Å²) in [5.74, 6) is 0.460. The Bertz CT molecular complexity index is 639. The van der Waals surface area contributed by atoms with E-state index in [1.165, 1.54) is 21.1 Å². The van der Waals surface area contributed by atoms with Gasteiger partial charge in [-0.25, -0.2) is 0 Å². The molecule has 0 bridgehead atoms. The van der Waals surface area contributed by atoms with Gasteiger partial charge in [-0.3, -0.25) is 9.59 Å². The van der Waals surface area contributed by atoms with Crippen LogP contribution in [0.2, 0.25) is 0 Å². The molecular weight excluding hydrogens is 346 g/mol. The minimum atomic E-state index is -0.246. The second kappa shape index (κ2) is 8.92. The van der Waals surface area contributed by atoms with Crippen molar-refractivity contribution in [3.8, 4) is 11.5 Å². The van der Waals surface area contributed by atoms with E-state index in [2.05, 4.69) is 17.6 Å². The Morgan fingerprint density at radius 1 is 1.24 bits per heavy atom. The molecule has 2 atom stereocenters. The molecule has 2 amide bonds. The van der Waals surface area contributed by atoms with Crippen LogP contribution >= 0.6 is 12.4 Å². The number of nitrogens with zero attached hydrogens (tertiary/aromatic N) is 1. The molecule has 1 fully saturated rings. The minimum Gasteiger partial charge on any atom is -0.493 e. The SMILES string of the molecule is COc1cc(C(=O)N2CCNC(C)C2C)cc(NC(C)=O)c1OC.Cl. The number of rotatable bonds is 4. The molecule has 0 aliphatic carbocycles. The molecule has 2 rings (SSSR count). The molecule has 2 unspecified atom stereocenters. The zero-order valence-corrected chi connectivity index (χ0v) is 16.0. The van der Waals surface area contributed by atoms with Crippen molar-refractivity contribution in [3.63, 3.8) is 0 Å². The average molecular weight is 372 g/mol. The standard InChI is InChI=1S/C17H25N3O4.ClH/c1-10-11(2)20(7-6-18-10)17(22)13-8-14(19-12(3)21)16(24-5)15(9-13)23-4;/h8-11,18H,6-7H2,1-5H3,(H,19,21);1H. The third-order valence-electron chi connectivity index (χ3n) is 4.33. The van der Waals surface area contributed by atoms with Crippen LogP contribution in [0.15, 0.2) is 12.1 Å². The first-order valence-corrected chi connectivity index (χ1v) is 7.97. The lowest BCUT2D eigenvalue weighted by Gasteiger charge is -2.38. The van der Waals surface area contributed by atoms with E-state index in [9.17, 15) is 9.59 Å². The number of anilines is 1. The number of nitrogens with one attached hydrogen (secondary N) is 2. The van der Waals surface area contributed by atoms with Crippen LogP contribution in [0.4, 0.5) is 5.69 Å². The van der Waals surface area contributed by atoms with Gasteiger partial charge in [0.05, 0.1) is 19.9 Å². The summed E-state index contributed by atoms with van der Waals surface area (Å²) in [5, 5.41) is 6.04. The molecule has 1 heterocycles. The van der Waals surface area contributed by atoms with E-state index >= 15 is 0 Å². The lowest BCUT2D eigenvalue weighted by molar-refractivity contribution is -0.114. The predicted octanol–water partition coefficient (Wildman–Crippen LogP) is 1.91. The van der Waals surface area contributed by atoms with Gasteiger partial charge in [0.2, 0.25) is 5.91 Å². The summed E-state index contributed by atoms with van der Waals surface area (Å²) in [5.41, 5.74) is 0.876. The highest BCUT2D eigenvalue weighted by Gasteiger charge is 2.30. The molecular formula is C17H26ClN3O4. The second-order valence-electron chi connectivity index (χ2n) is 5.92. The number of benzene rings is 1. The largest absolute Gasteiger partial charge is 0.493 e. The Kier molecular flexibility index (Phi) is 7.51. The number of hydrogen-bond donors (Lipinski definition) is 2. The molecule has 0 spiro atoms. The van der Waals surface area contributed by atoms with Gasteiger partial charge >= 0.3 is 0 Å². The van der Waals surface area contributed by atoms with Crippen molar-refractivity contribution < 1.29 is 19.1 Å². The molecule has 0 radical (unpaired) electrons. The van der Waals surface area contributed by atoms with Crippen molar-refractivity contribution in [1.82, 2.24) is 10.2 Å². The predicted molar refractivity (Wildman–Crippen MR) is 99.1 cm³/mol. The summed E-state index contributed by atoms with van der Waals surface area (Å²) >= 11 is 0. The maximum Gasteiger partial charge on any atom is 0.254 e. The van der Waals surface area contributed by atoms with Crippen molar-refractivity contribution in [3.05, 3.63) is 17.7 Å². The van der Waals surface area contributed by atoms with Crippen LogP contribution < -0.4 is 20.1 Å². The molecule has 1 saturated heterocycles. The third-order valence-corrected chi connectivity index (χ3v) is 4.33. The number of carbonyl (C=O) groups excluding carboxylic acids is 2. The summed E-state index contributed by atoms with van der Waals surface area (Å²) in [7, 11) is 2.99. The minimum absolute atomic E-state index is 0. The van der Waals surface area contributed by atoms with Crippen LogP contribution in [-0.4, -0.2) is 56.1 Å². The number of amides is 2. The van der Waals surface area contributed by atoms with E-state index in [0.29, 0.717) is 29.3 Å². The number of ether oxygens (including phenoxy) is 2. The summed E-state index contributed by atoms with van der Waals surface area (Å²) in [6.45, 7) is 6.86. The summed E-state index contributed by atoms with van der Waals surface area (Å²) in [6.07, 6.45) is 0. The van der Waals surface area contributed by atoms with Crippen LogP contribution in [0.5, 0.6) is 11.5 Å². The molecule has 7 nitrogen and oxygen atoms in total. The first kappa shape index (κ1) is 21.1. The lowest BCUT2D eigenvalue weighted by atomic mass is 10.0. The maximum absolute atomic E-state index is 13.0. The van der Waals surface area contributed by atoms with Crippen LogP contribution in [0.3, 0.4) is 0 Å². The Balaban J connectivity index is 0.00000312. The van der Waals surface area contributed by atoms with Gasteiger partial charge < -0.3 is 25.0 Å². The fraction of sp³-hybridized carbons (Fsp3) is 0.529.